The number of nitrogens with one attached hydrogen (secondary N) is 1. The van der Waals surface area contributed by atoms with Crippen molar-refractivity contribution in [3.8, 4) is 5.75 Å². The first-order chi connectivity index (χ1) is 10.2. The molecule has 0 aliphatic heterocycles. The Balaban J connectivity index is 1.80. The summed E-state index contributed by atoms with van der Waals surface area (Å²) in [6.45, 7) is 5.54. The van der Waals surface area contributed by atoms with E-state index in [1.807, 2.05) is 36.6 Å². The summed E-state index contributed by atoms with van der Waals surface area (Å²) in [7, 11) is 0. The molecule has 2 rings (SSSR count). The second-order valence-electron chi connectivity index (χ2n) is 5.13. The second kappa shape index (κ2) is 8.17. The summed E-state index contributed by atoms with van der Waals surface area (Å²) in [6, 6.07) is 12.3. The molecule has 114 valence electrons. The predicted octanol–water partition coefficient (Wildman–Crippen LogP) is 3.75. The van der Waals surface area contributed by atoms with Crippen LogP contribution in [-0.4, -0.2) is 17.8 Å². The number of rotatable bonds is 8. The Morgan fingerprint density at radius 2 is 2.14 bits per heavy atom. The first kappa shape index (κ1) is 16.0. The third-order valence-electron chi connectivity index (χ3n) is 3.31. The molecule has 2 N–H and O–H groups in total. The fourth-order valence-corrected chi connectivity index (χ4v) is 2.94. The molecule has 21 heavy (non-hydrogen) atoms. The van der Waals surface area contributed by atoms with Gasteiger partial charge in [-0.1, -0.05) is 18.2 Å². The molecule has 2 aromatic rings. The lowest BCUT2D eigenvalue weighted by molar-refractivity contribution is 0.157. The lowest BCUT2D eigenvalue weighted by Crippen LogP contribution is -2.27. The molecule has 0 aliphatic carbocycles. The third kappa shape index (κ3) is 5.16. The van der Waals surface area contributed by atoms with Crippen molar-refractivity contribution in [2.75, 3.05) is 6.61 Å². The lowest BCUT2D eigenvalue weighted by Gasteiger charge is -2.17. The van der Waals surface area contributed by atoms with E-state index in [1.165, 1.54) is 5.56 Å². The molecule has 0 aliphatic rings. The van der Waals surface area contributed by atoms with Crippen molar-refractivity contribution in [3.63, 3.8) is 0 Å². The summed E-state index contributed by atoms with van der Waals surface area (Å²) >= 11 is 1.60. The SMILES string of the molecule is CCOc1cccc(CNC(C)CC(O)c2cccs2)c1. The highest BCUT2D eigenvalue weighted by Gasteiger charge is 2.12. The summed E-state index contributed by atoms with van der Waals surface area (Å²) < 4.78 is 5.50. The molecule has 2 atom stereocenters. The van der Waals surface area contributed by atoms with Gasteiger partial charge in [0, 0.05) is 17.5 Å². The van der Waals surface area contributed by atoms with Gasteiger partial charge in [0.15, 0.2) is 0 Å². The summed E-state index contributed by atoms with van der Waals surface area (Å²) in [5, 5.41) is 15.6. The average Bonchev–Trinajstić information content (AvgIpc) is 3.00. The van der Waals surface area contributed by atoms with E-state index in [2.05, 4.69) is 24.4 Å². The zero-order chi connectivity index (χ0) is 15.1. The molecule has 1 aromatic carbocycles. The molecule has 1 heterocycles. The van der Waals surface area contributed by atoms with Crippen molar-refractivity contribution < 1.29 is 9.84 Å². The van der Waals surface area contributed by atoms with Crippen LogP contribution in [0.4, 0.5) is 0 Å². The number of thiophene rings is 1. The molecule has 0 saturated heterocycles. The Morgan fingerprint density at radius 3 is 2.86 bits per heavy atom. The van der Waals surface area contributed by atoms with E-state index < -0.39 is 0 Å². The van der Waals surface area contributed by atoms with E-state index in [1.54, 1.807) is 11.3 Å². The topological polar surface area (TPSA) is 41.5 Å². The zero-order valence-corrected chi connectivity index (χ0v) is 13.4. The maximum absolute atomic E-state index is 10.1. The van der Waals surface area contributed by atoms with Crippen LogP contribution in [0.25, 0.3) is 0 Å². The fraction of sp³-hybridized carbons (Fsp3) is 0.412. The highest BCUT2D eigenvalue weighted by molar-refractivity contribution is 7.10. The molecule has 3 nitrogen and oxygen atoms in total. The molecular weight excluding hydrogens is 282 g/mol. The van der Waals surface area contributed by atoms with E-state index in [0.29, 0.717) is 13.0 Å². The summed E-state index contributed by atoms with van der Waals surface area (Å²) in [4.78, 5) is 1.03. The van der Waals surface area contributed by atoms with Crippen molar-refractivity contribution in [2.24, 2.45) is 0 Å². The van der Waals surface area contributed by atoms with Crippen molar-refractivity contribution in [2.45, 2.75) is 39.0 Å². The predicted molar refractivity (Wildman–Crippen MR) is 87.8 cm³/mol. The Labute approximate surface area is 130 Å². The Hall–Kier alpha value is -1.36. The summed E-state index contributed by atoms with van der Waals surface area (Å²) in [6.07, 6.45) is 0.327. The molecule has 0 amide bonds. The van der Waals surface area contributed by atoms with Crippen LogP contribution in [0.5, 0.6) is 5.75 Å². The normalized spacial score (nSPS) is 13.9. The van der Waals surface area contributed by atoms with Gasteiger partial charge in [-0.3, -0.25) is 0 Å². The van der Waals surface area contributed by atoms with Crippen molar-refractivity contribution in [3.05, 3.63) is 52.2 Å². The standard InChI is InChI=1S/C17H23NO2S/c1-3-20-15-7-4-6-14(11-15)12-18-13(2)10-16(19)17-8-5-9-21-17/h4-9,11,13,16,18-19H,3,10,12H2,1-2H3. The first-order valence-corrected chi connectivity index (χ1v) is 8.23. The largest absolute Gasteiger partial charge is 0.494 e. The van der Waals surface area contributed by atoms with Crippen LogP contribution in [0.15, 0.2) is 41.8 Å². The molecule has 0 radical (unpaired) electrons. The van der Waals surface area contributed by atoms with Crippen molar-refractivity contribution in [1.29, 1.82) is 0 Å². The monoisotopic (exact) mass is 305 g/mol. The maximum atomic E-state index is 10.1. The van der Waals surface area contributed by atoms with E-state index in [4.69, 9.17) is 4.74 Å². The number of aliphatic hydroxyl groups excluding tert-OH is 1. The van der Waals surface area contributed by atoms with Gasteiger partial charge in [-0.05, 0) is 49.4 Å². The van der Waals surface area contributed by atoms with E-state index in [9.17, 15) is 5.11 Å². The molecule has 0 spiro atoms. The van der Waals surface area contributed by atoms with Crippen LogP contribution in [-0.2, 0) is 6.54 Å². The van der Waals surface area contributed by atoms with Crippen LogP contribution >= 0.6 is 11.3 Å². The smallest absolute Gasteiger partial charge is 0.119 e. The van der Waals surface area contributed by atoms with Gasteiger partial charge in [0.05, 0.1) is 12.7 Å². The lowest BCUT2D eigenvalue weighted by atomic mass is 10.1. The number of ether oxygens (including phenoxy) is 1. The minimum Gasteiger partial charge on any atom is -0.494 e. The van der Waals surface area contributed by atoms with E-state index in [0.717, 1.165) is 17.2 Å². The number of hydrogen-bond donors (Lipinski definition) is 2. The minimum absolute atomic E-state index is 0.248. The highest BCUT2D eigenvalue weighted by Crippen LogP contribution is 2.23. The van der Waals surface area contributed by atoms with Gasteiger partial charge in [-0.15, -0.1) is 11.3 Å². The molecule has 2 unspecified atom stereocenters. The molecule has 1 aromatic heterocycles. The van der Waals surface area contributed by atoms with Gasteiger partial charge in [-0.2, -0.15) is 0 Å². The van der Waals surface area contributed by atoms with Crippen LogP contribution in [0.2, 0.25) is 0 Å². The summed E-state index contributed by atoms with van der Waals surface area (Å²) in [5.74, 6) is 0.906. The Morgan fingerprint density at radius 1 is 1.29 bits per heavy atom. The average molecular weight is 305 g/mol. The van der Waals surface area contributed by atoms with Gasteiger partial charge < -0.3 is 15.2 Å². The van der Waals surface area contributed by atoms with Gasteiger partial charge >= 0.3 is 0 Å². The van der Waals surface area contributed by atoms with Crippen molar-refractivity contribution in [1.82, 2.24) is 5.32 Å². The van der Waals surface area contributed by atoms with Gasteiger partial charge in [0.25, 0.3) is 0 Å². The van der Waals surface area contributed by atoms with Crippen LogP contribution in [0.3, 0.4) is 0 Å². The quantitative estimate of drug-likeness (QED) is 0.780. The molecular formula is C17H23NO2S. The fourth-order valence-electron chi connectivity index (χ4n) is 2.22. The molecule has 0 bridgehead atoms. The molecule has 0 fully saturated rings. The van der Waals surface area contributed by atoms with Gasteiger partial charge in [0.1, 0.15) is 5.75 Å². The summed E-state index contributed by atoms with van der Waals surface area (Å²) in [5.41, 5.74) is 1.19. The van der Waals surface area contributed by atoms with Gasteiger partial charge in [0.2, 0.25) is 0 Å². The van der Waals surface area contributed by atoms with Crippen LogP contribution in [0, 0.1) is 0 Å². The minimum atomic E-state index is -0.387. The highest BCUT2D eigenvalue weighted by atomic mass is 32.1. The number of benzene rings is 1. The van der Waals surface area contributed by atoms with Crippen LogP contribution in [0.1, 0.15) is 36.8 Å². The zero-order valence-electron chi connectivity index (χ0n) is 12.6. The Bertz CT molecular complexity index is 527. The second-order valence-corrected chi connectivity index (χ2v) is 6.11. The Kier molecular flexibility index (Phi) is 6.23. The van der Waals surface area contributed by atoms with E-state index >= 15 is 0 Å². The van der Waals surface area contributed by atoms with Crippen molar-refractivity contribution >= 4 is 11.3 Å². The third-order valence-corrected chi connectivity index (χ3v) is 4.29. The molecule has 0 saturated carbocycles. The number of aliphatic hydroxyl groups is 1. The van der Waals surface area contributed by atoms with Gasteiger partial charge in [-0.25, -0.2) is 0 Å². The number of hydrogen-bond acceptors (Lipinski definition) is 4. The van der Waals surface area contributed by atoms with E-state index in [-0.39, 0.29) is 12.1 Å². The van der Waals surface area contributed by atoms with Crippen LogP contribution < -0.4 is 10.1 Å². The molecule has 4 heteroatoms. The first-order valence-electron chi connectivity index (χ1n) is 7.35. The maximum Gasteiger partial charge on any atom is 0.119 e.